The fourth-order valence-corrected chi connectivity index (χ4v) is 2.25. The van der Waals surface area contributed by atoms with Gasteiger partial charge in [-0.1, -0.05) is 42.5 Å². The van der Waals surface area contributed by atoms with Crippen LogP contribution >= 0.6 is 0 Å². The predicted molar refractivity (Wildman–Crippen MR) is 81.3 cm³/mol. The van der Waals surface area contributed by atoms with Crippen LogP contribution in [0.25, 0.3) is 10.8 Å². The van der Waals surface area contributed by atoms with Crippen LogP contribution in [-0.4, -0.2) is 11.6 Å². The Kier molecular flexibility index (Phi) is 4.09. The molecule has 2 aromatic carbocycles. The van der Waals surface area contributed by atoms with Gasteiger partial charge in [0.15, 0.2) is 0 Å². The molecule has 0 amide bonds. The van der Waals surface area contributed by atoms with Crippen molar-refractivity contribution in [1.29, 1.82) is 0 Å². The van der Waals surface area contributed by atoms with Crippen molar-refractivity contribution in [2.24, 2.45) is 5.73 Å². The molecule has 0 fully saturated rings. The molecule has 0 heterocycles. The van der Waals surface area contributed by atoms with Crippen LogP contribution in [0.15, 0.2) is 42.5 Å². The number of hydrogen-bond acceptors (Lipinski definition) is 3. The summed E-state index contributed by atoms with van der Waals surface area (Å²) < 4.78 is 5.32. The number of benzene rings is 2. The third-order valence-corrected chi connectivity index (χ3v) is 3.03. The molecule has 0 aliphatic carbocycles. The second kappa shape index (κ2) is 5.63. The molecule has 2 rings (SSSR count). The zero-order valence-electron chi connectivity index (χ0n) is 12.2. The summed E-state index contributed by atoms with van der Waals surface area (Å²) in [5.74, 6) is -0.266. The van der Waals surface area contributed by atoms with E-state index in [0.717, 1.165) is 16.3 Å². The summed E-state index contributed by atoms with van der Waals surface area (Å²) in [6.07, 6.45) is 0.186. The van der Waals surface area contributed by atoms with Crippen LogP contribution in [0, 0.1) is 0 Å². The van der Waals surface area contributed by atoms with Crippen molar-refractivity contribution in [2.75, 3.05) is 0 Å². The van der Waals surface area contributed by atoms with Crippen molar-refractivity contribution in [3.8, 4) is 0 Å². The number of fused-ring (bicyclic) bond motifs is 1. The Balaban J connectivity index is 2.20. The van der Waals surface area contributed by atoms with Crippen molar-refractivity contribution in [2.45, 2.75) is 38.8 Å². The minimum absolute atomic E-state index is 0.186. The average Bonchev–Trinajstić information content (AvgIpc) is 2.35. The van der Waals surface area contributed by atoms with Crippen LogP contribution in [-0.2, 0) is 9.53 Å². The molecule has 2 aromatic rings. The number of carbonyl (C=O) groups is 1. The highest BCUT2D eigenvalue weighted by Gasteiger charge is 2.20. The molecule has 1 atom stereocenters. The first-order chi connectivity index (χ1) is 9.37. The standard InChI is InChI=1S/C17H21NO2/c1-17(2,3)20-16(19)11-15(18)14-10-6-8-12-7-4-5-9-13(12)14/h4-10,15H,11,18H2,1-3H3/t15-/m1/s1. The molecule has 3 nitrogen and oxygen atoms in total. The second-order valence-corrected chi connectivity index (χ2v) is 5.97. The van der Waals surface area contributed by atoms with Gasteiger partial charge in [-0.3, -0.25) is 4.79 Å². The van der Waals surface area contributed by atoms with Gasteiger partial charge in [0.25, 0.3) is 0 Å². The first kappa shape index (κ1) is 14.5. The number of esters is 1. The summed E-state index contributed by atoms with van der Waals surface area (Å²) in [5.41, 5.74) is 6.68. The van der Waals surface area contributed by atoms with E-state index < -0.39 is 5.60 Å². The zero-order chi connectivity index (χ0) is 14.8. The molecule has 0 saturated heterocycles. The number of hydrogen-bond donors (Lipinski definition) is 1. The highest BCUT2D eigenvalue weighted by atomic mass is 16.6. The molecule has 0 radical (unpaired) electrons. The lowest BCUT2D eigenvalue weighted by Crippen LogP contribution is -2.26. The van der Waals surface area contributed by atoms with Crippen molar-refractivity contribution < 1.29 is 9.53 Å². The molecule has 0 saturated carbocycles. The summed E-state index contributed by atoms with van der Waals surface area (Å²) >= 11 is 0. The summed E-state index contributed by atoms with van der Waals surface area (Å²) in [5, 5.41) is 2.22. The predicted octanol–water partition coefficient (Wildman–Crippen LogP) is 3.57. The molecule has 0 spiro atoms. The van der Waals surface area contributed by atoms with E-state index in [1.165, 1.54) is 0 Å². The lowest BCUT2D eigenvalue weighted by atomic mass is 9.97. The minimum Gasteiger partial charge on any atom is -0.460 e. The summed E-state index contributed by atoms with van der Waals surface area (Å²) in [4.78, 5) is 11.9. The smallest absolute Gasteiger partial charge is 0.308 e. The van der Waals surface area contributed by atoms with E-state index in [2.05, 4.69) is 0 Å². The number of carbonyl (C=O) groups excluding carboxylic acids is 1. The van der Waals surface area contributed by atoms with Crippen LogP contribution in [0.3, 0.4) is 0 Å². The van der Waals surface area contributed by atoms with Gasteiger partial charge in [-0.2, -0.15) is 0 Å². The van der Waals surface area contributed by atoms with Gasteiger partial charge in [-0.15, -0.1) is 0 Å². The molecule has 0 aliphatic rings. The molecule has 2 N–H and O–H groups in total. The Morgan fingerprint density at radius 1 is 1.15 bits per heavy atom. The molecule has 3 heteroatoms. The maximum Gasteiger partial charge on any atom is 0.308 e. The molecule has 20 heavy (non-hydrogen) atoms. The van der Waals surface area contributed by atoms with Gasteiger partial charge >= 0.3 is 5.97 Å². The zero-order valence-corrected chi connectivity index (χ0v) is 12.2. The Bertz CT molecular complexity index is 608. The summed E-state index contributed by atoms with van der Waals surface area (Å²) in [6, 6.07) is 13.7. The lowest BCUT2D eigenvalue weighted by molar-refractivity contribution is -0.155. The van der Waals surface area contributed by atoms with E-state index in [1.54, 1.807) is 0 Å². The third-order valence-electron chi connectivity index (χ3n) is 3.03. The van der Waals surface area contributed by atoms with Crippen LogP contribution < -0.4 is 5.73 Å². The fraction of sp³-hybridized carbons (Fsp3) is 0.353. The van der Waals surface area contributed by atoms with Gasteiger partial charge in [-0.25, -0.2) is 0 Å². The van der Waals surface area contributed by atoms with E-state index in [9.17, 15) is 4.79 Å². The van der Waals surface area contributed by atoms with Crippen LogP contribution in [0.5, 0.6) is 0 Å². The number of rotatable bonds is 3. The fourth-order valence-electron chi connectivity index (χ4n) is 2.25. The van der Waals surface area contributed by atoms with E-state index in [4.69, 9.17) is 10.5 Å². The first-order valence-electron chi connectivity index (χ1n) is 6.82. The Morgan fingerprint density at radius 3 is 2.50 bits per heavy atom. The minimum atomic E-state index is -0.477. The van der Waals surface area contributed by atoms with Gasteiger partial charge < -0.3 is 10.5 Å². The molecular formula is C17H21NO2. The maximum absolute atomic E-state index is 11.9. The average molecular weight is 271 g/mol. The van der Waals surface area contributed by atoms with Gasteiger partial charge in [0, 0.05) is 6.04 Å². The van der Waals surface area contributed by atoms with E-state index in [0.29, 0.717) is 0 Å². The largest absolute Gasteiger partial charge is 0.460 e. The van der Waals surface area contributed by atoms with E-state index in [-0.39, 0.29) is 18.4 Å². The van der Waals surface area contributed by atoms with E-state index >= 15 is 0 Å². The van der Waals surface area contributed by atoms with E-state index in [1.807, 2.05) is 63.2 Å². The molecule has 0 aromatic heterocycles. The summed E-state index contributed by atoms with van der Waals surface area (Å²) in [7, 11) is 0. The van der Waals surface area contributed by atoms with Crippen molar-refractivity contribution in [3.63, 3.8) is 0 Å². The van der Waals surface area contributed by atoms with Gasteiger partial charge in [0.2, 0.25) is 0 Å². The van der Waals surface area contributed by atoms with Crippen LogP contribution in [0.4, 0.5) is 0 Å². The lowest BCUT2D eigenvalue weighted by Gasteiger charge is -2.21. The molecular weight excluding hydrogens is 250 g/mol. The Morgan fingerprint density at radius 2 is 1.80 bits per heavy atom. The van der Waals surface area contributed by atoms with Crippen molar-refractivity contribution in [1.82, 2.24) is 0 Å². The monoisotopic (exact) mass is 271 g/mol. The molecule has 0 unspecified atom stereocenters. The highest BCUT2D eigenvalue weighted by molar-refractivity contribution is 5.86. The second-order valence-electron chi connectivity index (χ2n) is 5.97. The first-order valence-corrected chi connectivity index (χ1v) is 6.82. The third kappa shape index (κ3) is 3.58. The Labute approximate surface area is 119 Å². The molecule has 106 valence electrons. The quantitative estimate of drug-likeness (QED) is 0.868. The molecule has 0 bridgehead atoms. The van der Waals surface area contributed by atoms with Crippen molar-refractivity contribution in [3.05, 3.63) is 48.0 Å². The maximum atomic E-state index is 11.9. The van der Waals surface area contributed by atoms with Crippen LogP contribution in [0.2, 0.25) is 0 Å². The number of nitrogens with two attached hydrogens (primary N) is 1. The van der Waals surface area contributed by atoms with Gasteiger partial charge in [0.1, 0.15) is 5.60 Å². The molecule has 0 aliphatic heterocycles. The SMILES string of the molecule is CC(C)(C)OC(=O)C[C@@H](N)c1cccc2ccccc12. The van der Waals surface area contributed by atoms with Crippen molar-refractivity contribution >= 4 is 16.7 Å². The normalized spacial score (nSPS) is 13.2. The van der Waals surface area contributed by atoms with Gasteiger partial charge in [0.05, 0.1) is 6.42 Å². The topological polar surface area (TPSA) is 52.3 Å². The van der Waals surface area contributed by atoms with Crippen LogP contribution in [0.1, 0.15) is 38.8 Å². The number of ether oxygens (including phenoxy) is 1. The highest BCUT2D eigenvalue weighted by Crippen LogP contribution is 2.25. The Hall–Kier alpha value is -1.87. The summed E-state index contributed by atoms with van der Waals surface area (Å²) in [6.45, 7) is 5.57. The van der Waals surface area contributed by atoms with Gasteiger partial charge in [-0.05, 0) is 37.1 Å².